The number of hydrogen-bond acceptors (Lipinski definition) is 4. The summed E-state index contributed by atoms with van der Waals surface area (Å²) in [6.45, 7) is 5.72. The highest BCUT2D eigenvalue weighted by atomic mass is 79.9. The molecule has 1 aliphatic rings. The molecule has 0 N–H and O–H groups in total. The van der Waals surface area contributed by atoms with E-state index in [1.54, 1.807) is 12.1 Å². The third-order valence-electron chi connectivity index (χ3n) is 3.00. The van der Waals surface area contributed by atoms with Crippen LogP contribution in [0.2, 0.25) is 0 Å². The summed E-state index contributed by atoms with van der Waals surface area (Å²) < 4.78 is 11.3. The first-order valence-electron chi connectivity index (χ1n) is 6.01. The summed E-state index contributed by atoms with van der Waals surface area (Å²) in [5, 5.41) is 0. The molecule has 0 bridgehead atoms. The van der Waals surface area contributed by atoms with Gasteiger partial charge in [-0.2, -0.15) is 0 Å². The summed E-state index contributed by atoms with van der Waals surface area (Å²) in [6.07, 6.45) is 1.93. The Kier molecular flexibility index (Phi) is 4.61. The molecule has 0 unspecified atom stereocenters. The Balaban J connectivity index is 2.10. The Labute approximate surface area is 121 Å². The summed E-state index contributed by atoms with van der Waals surface area (Å²) >= 11 is 3.42. The number of methoxy groups -OCH3 is 1. The Morgan fingerprint density at radius 1 is 1.58 bits per heavy atom. The van der Waals surface area contributed by atoms with Crippen molar-refractivity contribution in [2.45, 2.75) is 6.10 Å². The van der Waals surface area contributed by atoms with E-state index in [4.69, 9.17) is 9.47 Å². The number of carbonyl (C=O) groups is 1. The largest absolute Gasteiger partial charge is 0.465 e. The molecule has 19 heavy (non-hydrogen) atoms. The van der Waals surface area contributed by atoms with Crippen LogP contribution in [0.3, 0.4) is 0 Å². The predicted molar refractivity (Wildman–Crippen MR) is 77.6 cm³/mol. The minimum Gasteiger partial charge on any atom is -0.465 e. The highest BCUT2D eigenvalue weighted by molar-refractivity contribution is 9.10. The molecule has 0 saturated carbocycles. The first kappa shape index (κ1) is 14.1. The standard InChI is InChI=1S/C14H16BrNO3/c1-3-6-19-11-8-16(9-11)13-7-10(15)4-5-12(13)14(17)18-2/h3-5,7,11H,1,6,8-9H2,2H3. The van der Waals surface area contributed by atoms with Gasteiger partial charge in [-0.3, -0.25) is 0 Å². The SMILES string of the molecule is C=CCOC1CN(c2cc(Br)ccc2C(=O)OC)C1. The van der Waals surface area contributed by atoms with Crippen molar-refractivity contribution < 1.29 is 14.3 Å². The maximum atomic E-state index is 11.7. The Morgan fingerprint density at radius 2 is 2.32 bits per heavy atom. The zero-order chi connectivity index (χ0) is 13.8. The molecule has 1 aliphatic heterocycles. The fourth-order valence-corrected chi connectivity index (χ4v) is 2.34. The van der Waals surface area contributed by atoms with E-state index in [-0.39, 0.29) is 12.1 Å². The predicted octanol–water partition coefficient (Wildman–Crippen LogP) is 2.63. The molecule has 102 valence electrons. The molecule has 0 amide bonds. The number of rotatable bonds is 5. The molecule has 1 aromatic carbocycles. The summed E-state index contributed by atoms with van der Waals surface area (Å²) in [5.74, 6) is -0.321. The fraction of sp³-hybridized carbons (Fsp3) is 0.357. The van der Waals surface area contributed by atoms with Gasteiger partial charge in [-0.15, -0.1) is 6.58 Å². The van der Waals surface area contributed by atoms with Gasteiger partial charge in [-0.1, -0.05) is 22.0 Å². The molecule has 1 saturated heterocycles. The number of anilines is 1. The van der Waals surface area contributed by atoms with Crippen LogP contribution in [-0.2, 0) is 9.47 Å². The van der Waals surface area contributed by atoms with Crippen molar-refractivity contribution in [2.24, 2.45) is 0 Å². The number of esters is 1. The zero-order valence-electron chi connectivity index (χ0n) is 10.8. The monoisotopic (exact) mass is 325 g/mol. The second kappa shape index (κ2) is 6.21. The van der Waals surface area contributed by atoms with Crippen molar-refractivity contribution in [3.05, 3.63) is 40.9 Å². The van der Waals surface area contributed by atoms with Gasteiger partial charge in [0.1, 0.15) is 0 Å². The van der Waals surface area contributed by atoms with Crippen molar-refractivity contribution >= 4 is 27.6 Å². The minimum absolute atomic E-state index is 0.197. The lowest BCUT2D eigenvalue weighted by Gasteiger charge is -2.41. The highest BCUT2D eigenvalue weighted by Gasteiger charge is 2.30. The normalized spacial score (nSPS) is 14.9. The van der Waals surface area contributed by atoms with Crippen LogP contribution in [0.1, 0.15) is 10.4 Å². The molecule has 5 heteroatoms. The summed E-state index contributed by atoms with van der Waals surface area (Å²) in [4.78, 5) is 13.8. The van der Waals surface area contributed by atoms with Crippen LogP contribution in [0, 0.1) is 0 Å². The van der Waals surface area contributed by atoms with E-state index < -0.39 is 0 Å². The Morgan fingerprint density at radius 3 is 2.95 bits per heavy atom. The van der Waals surface area contributed by atoms with Crippen LogP contribution in [0.25, 0.3) is 0 Å². The van der Waals surface area contributed by atoms with Crippen molar-refractivity contribution in [2.75, 3.05) is 31.7 Å². The van der Waals surface area contributed by atoms with Gasteiger partial charge in [-0.05, 0) is 18.2 Å². The van der Waals surface area contributed by atoms with Crippen LogP contribution in [0.5, 0.6) is 0 Å². The van der Waals surface area contributed by atoms with Crippen molar-refractivity contribution in [3.63, 3.8) is 0 Å². The molecule has 1 heterocycles. The van der Waals surface area contributed by atoms with Gasteiger partial charge in [0.2, 0.25) is 0 Å². The van der Waals surface area contributed by atoms with Crippen LogP contribution in [-0.4, -0.2) is 38.9 Å². The molecule has 0 spiro atoms. The Bertz CT molecular complexity index is 484. The molecule has 0 radical (unpaired) electrons. The lowest BCUT2D eigenvalue weighted by molar-refractivity contribution is 0.0521. The van der Waals surface area contributed by atoms with Crippen molar-refractivity contribution in [3.8, 4) is 0 Å². The first-order chi connectivity index (χ1) is 9.15. The van der Waals surface area contributed by atoms with Gasteiger partial charge in [0.05, 0.1) is 31.1 Å². The van der Waals surface area contributed by atoms with E-state index in [1.165, 1.54) is 7.11 Å². The van der Waals surface area contributed by atoms with Crippen LogP contribution in [0.4, 0.5) is 5.69 Å². The van der Waals surface area contributed by atoms with Gasteiger partial charge < -0.3 is 14.4 Å². The number of nitrogens with zero attached hydrogens (tertiary/aromatic N) is 1. The molecule has 0 aliphatic carbocycles. The average Bonchev–Trinajstić information content (AvgIpc) is 2.36. The molecule has 1 aromatic rings. The fourth-order valence-electron chi connectivity index (χ4n) is 1.99. The third-order valence-corrected chi connectivity index (χ3v) is 3.50. The van der Waals surface area contributed by atoms with Crippen LogP contribution >= 0.6 is 15.9 Å². The zero-order valence-corrected chi connectivity index (χ0v) is 12.4. The topological polar surface area (TPSA) is 38.8 Å². The van der Waals surface area contributed by atoms with Gasteiger partial charge in [-0.25, -0.2) is 4.79 Å². The molecule has 1 fully saturated rings. The Hall–Kier alpha value is -1.33. The summed E-state index contributed by atoms with van der Waals surface area (Å²) in [6, 6.07) is 5.53. The molecule has 0 aromatic heterocycles. The van der Waals surface area contributed by atoms with Crippen molar-refractivity contribution in [1.29, 1.82) is 0 Å². The maximum Gasteiger partial charge on any atom is 0.339 e. The average molecular weight is 326 g/mol. The number of halogens is 1. The molecule has 2 rings (SSSR count). The van der Waals surface area contributed by atoms with E-state index in [9.17, 15) is 4.79 Å². The quantitative estimate of drug-likeness (QED) is 0.616. The van der Waals surface area contributed by atoms with E-state index in [0.717, 1.165) is 23.2 Å². The van der Waals surface area contributed by atoms with E-state index >= 15 is 0 Å². The molecule has 0 atom stereocenters. The lowest BCUT2D eigenvalue weighted by atomic mass is 10.1. The first-order valence-corrected chi connectivity index (χ1v) is 6.80. The second-order valence-electron chi connectivity index (χ2n) is 4.30. The number of hydrogen-bond donors (Lipinski definition) is 0. The van der Waals surface area contributed by atoms with Gasteiger partial charge in [0.25, 0.3) is 0 Å². The summed E-state index contributed by atoms with van der Waals surface area (Å²) in [5.41, 5.74) is 1.45. The molecule has 4 nitrogen and oxygen atoms in total. The van der Waals surface area contributed by atoms with E-state index in [1.807, 2.05) is 12.1 Å². The highest BCUT2D eigenvalue weighted by Crippen LogP contribution is 2.30. The smallest absolute Gasteiger partial charge is 0.339 e. The van der Waals surface area contributed by atoms with Gasteiger partial charge in [0, 0.05) is 17.6 Å². The molecular weight excluding hydrogens is 310 g/mol. The molecular formula is C14H16BrNO3. The number of ether oxygens (including phenoxy) is 2. The summed E-state index contributed by atoms with van der Waals surface area (Å²) in [7, 11) is 1.39. The van der Waals surface area contributed by atoms with E-state index in [0.29, 0.717) is 12.2 Å². The number of carbonyl (C=O) groups excluding carboxylic acids is 1. The van der Waals surface area contributed by atoms with Crippen LogP contribution < -0.4 is 4.90 Å². The maximum absolute atomic E-state index is 11.7. The third kappa shape index (κ3) is 3.16. The van der Waals surface area contributed by atoms with Crippen LogP contribution in [0.15, 0.2) is 35.3 Å². The number of benzene rings is 1. The van der Waals surface area contributed by atoms with Gasteiger partial charge >= 0.3 is 5.97 Å². The van der Waals surface area contributed by atoms with Crippen molar-refractivity contribution in [1.82, 2.24) is 0 Å². The minimum atomic E-state index is -0.321. The van der Waals surface area contributed by atoms with E-state index in [2.05, 4.69) is 27.4 Å². The lowest BCUT2D eigenvalue weighted by Crippen LogP contribution is -2.52. The van der Waals surface area contributed by atoms with Gasteiger partial charge in [0.15, 0.2) is 0 Å². The second-order valence-corrected chi connectivity index (χ2v) is 5.22.